The Labute approximate surface area is 231 Å². The van der Waals surface area contributed by atoms with E-state index in [2.05, 4.69) is 6.58 Å². The lowest BCUT2D eigenvalue weighted by atomic mass is 9.80. The number of carbonyl (C=O) groups is 2. The van der Waals surface area contributed by atoms with Crippen molar-refractivity contribution in [1.82, 2.24) is 5.06 Å². The molecule has 39 heavy (non-hydrogen) atoms. The second-order valence-electron chi connectivity index (χ2n) is 11.1. The number of esters is 2. The van der Waals surface area contributed by atoms with Gasteiger partial charge in [-0.3, -0.25) is 0 Å². The molecule has 0 unspecified atom stereocenters. The van der Waals surface area contributed by atoms with Crippen molar-refractivity contribution in [1.29, 1.82) is 0 Å². The Hall–Kier alpha value is -3.36. The molecular formula is C31H40NO7. The monoisotopic (exact) mass is 538 g/mol. The van der Waals surface area contributed by atoms with Gasteiger partial charge in [0.25, 0.3) is 0 Å². The topological polar surface area (TPSA) is 94.2 Å². The van der Waals surface area contributed by atoms with Crippen molar-refractivity contribution in [2.45, 2.75) is 83.4 Å². The number of hydrogen-bond acceptors (Lipinski definition) is 7. The van der Waals surface area contributed by atoms with Crippen molar-refractivity contribution in [2.75, 3.05) is 13.2 Å². The molecule has 0 amide bonds. The summed E-state index contributed by atoms with van der Waals surface area (Å²) in [6.07, 6.45) is 5.95. The fourth-order valence-corrected chi connectivity index (χ4v) is 4.87. The molecule has 3 rings (SSSR count). The predicted octanol–water partition coefficient (Wildman–Crippen LogP) is 6.32. The highest BCUT2D eigenvalue weighted by Crippen LogP contribution is 2.38. The van der Waals surface area contributed by atoms with Crippen LogP contribution in [0.3, 0.4) is 0 Å². The van der Waals surface area contributed by atoms with Crippen LogP contribution in [-0.2, 0) is 14.7 Å². The molecule has 0 spiro atoms. The number of benzene rings is 2. The molecule has 0 aliphatic carbocycles. The molecule has 8 heteroatoms. The number of hydroxylamine groups is 2. The predicted molar refractivity (Wildman–Crippen MR) is 147 cm³/mol. The summed E-state index contributed by atoms with van der Waals surface area (Å²) < 4.78 is 22.4. The zero-order valence-corrected chi connectivity index (χ0v) is 23.4. The number of piperidine rings is 1. The van der Waals surface area contributed by atoms with Crippen molar-refractivity contribution >= 4 is 11.9 Å². The van der Waals surface area contributed by atoms with E-state index < -0.39 is 23.0 Å². The Kier molecular flexibility index (Phi) is 10.5. The Morgan fingerprint density at radius 1 is 0.846 bits per heavy atom. The summed E-state index contributed by atoms with van der Waals surface area (Å²) in [5.41, 5.74) is -0.592. The summed E-state index contributed by atoms with van der Waals surface area (Å²) in [6, 6.07) is 13.8. The summed E-state index contributed by atoms with van der Waals surface area (Å²) in [7, 11) is 0. The van der Waals surface area contributed by atoms with Gasteiger partial charge in [0, 0.05) is 30.0 Å². The van der Waals surface area contributed by atoms with Crippen molar-refractivity contribution in [3.8, 4) is 17.2 Å². The van der Waals surface area contributed by atoms with Gasteiger partial charge in [-0.05, 0) is 102 Å². The molecule has 211 valence electrons. The third-order valence-corrected chi connectivity index (χ3v) is 6.70. The molecule has 1 aliphatic heterocycles. The molecule has 2 aromatic carbocycles. The highest BCUT2D eigenvalue weighted by atomic mass is 16.5. The number of hydrogen-bond donors (Lipinski definition) is 0. The van der Waals surface area contributed by atoms with Crippen LogP contribution in [0.25, 0.3) is 0 Å². The summed E-state index contributed by atoms with van der Waals surface area (Å²) in [4.78, 5) is 23.6. The largest absolute Gasteiger partial charge is 0.494 e. The Morgan fingerprint density at radius 2 is 1.38 bits per heavy atom. The third kappa shape index (κ3) is 9.11. The van der Waals surface area contributed by atoms with Crippen LogP contribution in [0, 0.1) is 0 Å². The van der Waals surface area contributed by atoms with Crippen molar-refractivity contribution in [3.63, 3.8) is 0 Å². The summed E-state index contributed by atoms with van der Waals surface area (Å²) in [5.74, 6) is 0.919. The van der Waals surface area contributed by atoms with Crippen LogP contribution in [0.5, 0.6) is 17.2 Å². The maximum absolute atomic E-state index is 12.6. The van der Waals surface area contributed by atoms with Crippen molar-refractivity contribution in [3.05, 3.63) is 66.7 Å². The summed E-state index contributed by atoms with van der Waals surface area (Å²) in [5, 5.41) is 13.7. The average molecular weight is 539 g/mol. The molecule has 1 saturated heterocycles. The van der Waals surface area contributed by atoms with Gasteiger partial charge in [-0.2, -0.15) is 0 Å². The molecule has 1 fully saturated rings. The fourth-order valence-electron chi connectivity index (χ4n) is 4.87. The first-order valence-electron chi connectivity index (χ1n) is 13.5. The van der Waals surface area contributed by atoms with Crippen LogP contribution >= 0.6 is 0 Å². The Bertz CT molecular complexity index is 1070. The van der Waals surface area contributed by atoms with Crippen LogP contribution in [0.2, 0.25) is 0 Å². The van der Waals surface area contributed by atoms with E-state index in [4.69, 9.17) is 18.9 Å². The second-order valence-corrected chi connectivity index (χ2v) is 11.1. The van der Waals surface area contributed by atoms with E-state index in [1.807, 2.05) is 27.7 Å². The van der Waals surface area contributed by atoms with E-state index >= 15 is 0 Å². The first-order chi connectivity index (χ1) is 18.5. The zero-order valence-electron chi connectivity index (χ0n) is 23.4. The van der Waals surface area contributed by atoms with Crippen LogP contribution in [-0.4, -0.2) is 47.4 Å². The van der Waals surface area contributed by atoms with Crippen LogP contribution in [0.15, 0.2) is 61.2 Å². The minimum atomic E-state index is -0.507. The standard InChI is InChI=1S/C31H40NO7/c1-6-28(33)37-20-10-8-7-9-19-36-24-13-11-23(12-14-24)29(34)39-26-17-15-25(16-18-26)38-27-21-30(2,3)32(35)31(4,5)22-27/h6,11-18,27H,1,7-10,19-22H2,2-5H3. The lowest BCUT2D eigenvalue weighted by Gasteiger charge is -2.49. The van der Waals surface area contributed by atoms with E-state index in [-0.39, 0.29) is 6.10 Å². The molecule has 0 saturated carbocycles. The van der Waals surface area contributed by atoms with Gasteiger partial charge in [0.1, 0.15) is 23.4 Å². The van der Waals surface area contributed by atoms with Crippen molar-refractivity contribution < 1.29 is 33.7 Å². The quantitative estimate of drug-likeness (QED) is 0.127. The van der Waals surface area contributed by atoms with Gasteiger partial charge in [0.05, 0.1) is 18.8 Å². The molecule has 0 N–H and O–H groups in total. The van der Waals surface area contributed by atoms with Crippen LogP contribution in [0.1, 0.15) is 76.6 Å². The van der Waals surface area contributed by atoms with Crippen LogP contribution in [0.4, 0.5) is 0 Å². The molecule has 1 radical (unpaired) electrons. The second kappa shape index (κ2) is 13.6. The number of unbranched alkanes of at least 4 members (excludes halogenated alkanes) is 3. The molecule has 1 heterocycles. The molecule has 0 atom stereocenters. The van der Waals surface area contributed by atoms with E-state index in [1.165, 1.54) is 5.06 Å². The van der Waals surface area contributed by atoms with Gasteiger partial charge in [-0.1, -0.05) is 6.58 Å². The lowest BCUT2D eigenvalue weighted by molar-refractivity contribution is -0.296. The Morgan fingerprint density at radius 3 is 1.97 bits per heavy atom. The lowest BCUT2D eigenvalue weighted by Crippen LogP contribution is -2.60. The number of ether oxygens (including phenoxy) is 4. The third-order valence-electron chi connectivity index (χ3n) is 6.70. The number of rotatable bonds is 13. The summed E-state index contributed by atoms with van der Waals surface area (Å²) in [6.45, 7) is 12.1. The Balaban J connectivity index is 1.40. The molecule has 2 aromatic rings. The fraction of sp³-hybridized carbons (Fsp3) is 0.484. The molecule has 0 aromatic heterocycles. The molecule has 1 aliphatic rings. The maximum atomic E-state index is 12.6. The van der Waals surface area contributed by atoms with Crippen LogP contribution < -0.4 is 14.2 Å². The number of carbonyl (C=O) groups excluding carboxylic acids is 2. The van der Waals surface area contributed by atoms with E-state index in [0.29, 0.717) is 48.9 Å². The van der Waals surface area contributed by atoms with E-state index in [9.17, 15) is 14.8 Å². The molecule has 0 bridgehead atoms. The molecule has 8 nitrogen and oxygen atoms in total. The SMILES string of the molecule is C=CC(=O)OCCCCCCOc1ccc(C(=O)Oc2ccc(OC3CC(C)(C)N([O])C(C)(C)C3)cc2)cc1. The van der Waals surface area contributed by atoms with E-state index in [1.54, 1.807) is 48.5 Å². The van der Waals surface area contributed by atoms with Gasteiger partial charge in [-0.15, -0.1) is 10.3 Å². The minimum Gasteiger partial charge on any atom is -0.494 e. The summed E-state index contributed by atoms with van der Waals surface area (Å²) >= 11 is 0. The van der Waals surface area contributed by atoms with Gasteiger partial charge >= 0.3 is 11.9 Å². The smallest absolute Gasteiger partial charge is 0.343 e. The van der Waals surface area contributed by atoms with E-state index in [0.717, 1.165) is 31.8 Å². The highest BCUT2D eigenvalue weighted by Gasteiger charge is 2.47. The zero-order chi connectivity index (χ0) is 28.5. The normalized spacial score (nSPS) is 16.7. The van der Waals surface area contributed by atoms with Gasteiger partial charge in [0.2, 0.25) is 0 Å². The highest BCUT2D eigenvalue weighted by molar-refractivity contribution is 5.91. The van der Waals surface area contributed by atoms with Gasteiger partial charge in [-0.25, -0.2) is 9.59 Å². The van der Waals surface area contributed by atoms with Gasteiger partial charge in [0.15, 0.2) is 0 Å². The first kappa shape index (κ1) is 30.2. The number of nitrogens with zero attached hydrogens (tertiary/aromatic N) is 1. The minimum absolute atomic E-state index is 0.0803. The van der Waals surface area contributed by atoms with Crippen molar-refractivity contribution in [2.24, 2.45) is 0 Å². The molecular weight excluding hydrogens is 498 g/mol. The van der Waals surface area contributed by atoms with Gasteiger partial charge < -0.3 is 18.9 Å². The average Bonchev–Trinajstić information content (AvgIpc) is 2.89. The maximum Gasteiger partial charge on any atom is 0.343 e. The first-order valence-corrected chi connectivity index (χ1v) is 13.5.